The highest BCUT2D eigenvalue weighted by atomic mass is 35.7. The Morgan fingerprint density at radius 3 is 2.47 bits per heavy atom. The van der Waals surface area contributed by atoms with Crippen molar-refractivity contribution >= 4 is 25.7 Å². The first-order valence-corrected chi connectivity index (χ1v) is 6.03. The second-order valence-electron chi connectivity index (χ2n) is 2.61. The van der Waals surface area contributed by atoms with Crippen LogP contribution in [-0.2, 0) is 9.05 Å². The number of hydrogen-bond donors (Lipinski definition) is 1. The fraction of sp³-hybridized carbons (Fsp3) is 0.125. The molecular weight excluding hydrogens is 244 g/mol. The first-order chi connectivity index (χ1) is 6.86. The van der Waals surface area contributed by atoms with E-state index in [0.717, 1.165) is 6.07 Å². The van der Waals surface area contributed by atoms with Crippen LogP contribution < -0.4 is 4.74 Å². The molecule has 0 heterocycles. The normalized spacial score (nSPS) is 11.1. The predicted octanol–water partition coefficient (Wildman–Crippen LogP) is 1.32. The van der Waals surface area contributed by atoms with E-state index in [1.165, 1.54) is 19.2 Å². The van der Waals surface area contributed by atoms with E-state index in [1.54, 1.807) is 0 Å². The smallest absolute Gasteiger partial charge is 0.339 e. The number of methoxy groups -OCH3 is 1. The highest BCUT2D eigenvalue weighted by molar-refractivity contribution is 8.13. The lowest BCUT2D eigenvalue weighted by Gasteiger charge is -2.05. The minimum atomic E-state index is -3.93. The molecule has 0 amide bonds. The topological polar surface area (TPSA) is 80.7 Å². The highest BCUT2D eigenvalue weighted by Gasteiger charge is 2.17. The summed E-state index contributed by atoms with van der Waals surface area (Å²) in [5, 5.41) is 8.77. The monoisotopic (exact) mass is 250 g/mol. The zero-order valence-electron chi connectivity index (χ0n) is 7.60. The predicted molar refractivity (Wildman–Crippen MR) is 53.0 cm³/mol. The number of halogens is 1. The number of ether oxygens (including phenoxy) is 1. The van der Waals surface area contributed by atoms with Crippen molar-refractivity contribution in [2.75, 3.05) is 7.11 Å². The van der Waals surface area contributed by atoms with E-state index in [1.807, 2.05) is 0 Å². The van der Waals surface area contributed by atoms with Gasteiger partial charge in [0.05, 0.1) is 12.0 Å². The Balaban J connectivity index is 3.42. The van der Waals surface area contributed by atoms with Gasteiger partial charge in [0, 0.05) is 10.7 Å². The zero-order chi connectivity index (χ0) is 11.6. The van der Waals surface area contributed by atoms with Gasteiger partial charge in [-0.15, -0.1) is 0 Å². The van der Waals surface area contributed by atoms with Gasteiger partial charge in [-0.05, 0) is 18.2 Å². The molecule has 0 atom stereocenters. The molecule has 15 heavy (non-hydrogen) atoms. The summed E-state index contributed by atoms with van der Waals surface area (Å²) in [5.41, 5.74) is -0.251. The number of rotatable bonds is 3. The van der Waals surface area contributed by atoms with Crippen molar-refractivity contribution in [1.82, 2.24) is 0 Å². The molecule has 0 bridgehead atoms. The molecule has 0 saturated heterocycles. The fourth-order valence-electron chi connectivity index (χ4n) is 1.01. The van der Waals surface area contributed by atoms with Gasteiger partial charge in [-0.3, -0.25) is 0 Å². The first kappa shape index (κ1) is 11.8. The van der Waals surface area contributed by atoms with Crippen LogP contribution in [0.5, 0.6) is 5.75 Å². The van der Waals surface area contributed by atoms with Crippen LogP contribution in [0.3, 0.4) is 0 Å². The van der Waals surface area contributed by atoms with Gasteiger partial charge in [-0.2, -0.15) is 0 Å². The summed E-state index contributed by atoms with van der Waals surface area (Å²) >= 11 is 0. The van der Waals surface area contributed by atoms with Crippen LogP contribution >= 0.6 is 10.7 Å². The average molecular weight is 251 g/mol. The lowest BCUT2D eigenvalue weighted by atomic mass is 10.2. The Kier molecular flexibility index (Phi) is 3.21. The summed E-state index contributed by atoms with van der Waals surface area (Å²) in [6.07, 6.45) is 0. The van der Waals surface area contributed by atoms with Crippen LogP contribution in [0, 0.1) is 0 Å². The second-order valence-corrected chi connectivity index (χ2v) is 5.17. The molecule has 5 nitrogen and oxygen atoms in total. The Morgan fingerprint density at radius 1 is 1.47 bits per heavy atom. The molecule has 0 radical (unpaired) electrons. The fourth-order valence-corrected chi connectivity index (χ4v) is 1.78. The van der Waals surface area contributed by atoms with E-state index in [0.29, 0.717) is 0 Å². The van der Waals surface area contributed by atoms with Gasteiger partial charge in [0.15, 0.2) is 0 Å². The summed E-state index contributed by atoms with van der Waals surface area (Å²) in [5.74, 6) is -1.21. The van der Waals surface area contributed by atoms with Crippen LogP contribution in [0.25, 0.3) is 0 Å². The molecule has 0 spiro atoms. The third-order valence-corrected chi connectivity index (χ3v) is 3.03. The Labute approximate surface area is 90.7 Å². The molecule has 1 N–H and O–H groups in total. The van der Waals surface area contributed by atoms with Gasteiger partial charge in [-0.25, -0.2) is 13.2 Å². The molecule has 0 aromatic heterocycles. The summed E-state index contributed by atoms with van der Waals surface area (Å²) in [6.45, 7) is 0. The van der Waals surface area contributed by atoms with Gasteiger partial charge >= 0.3 is 5.97 Å². The van der Waals surface area contributed by atoms with Crippen molar-refractivity contribution in [3.05, 3.63) is 23.8 Å². The third-order valence-electron chi connectivity index (χ3n) is 1.68. The van der Waals surface area contributed by atoms with Crippen molar-refractivity contribution < 1.29 is 23.1 Å². The molecule has 0 unspecified atom stereocenters. The van der Waals surface area contributed by atoms with Gasteiger partial charge in [0.1, 0.15) is 11.3 Å². The third kappa shape index (κ3) is 2.60. The number of carbonyl (C=O) groups is 1. The van der Waals surface area contributed by atoms with Gasteiger partial charge in [0.2, 0.25) is 0 Å². The van der Waals surface area contributed by atoms with Crippen molar-refractivity contribution in [2.45, 2.75) is 4.90 Å². The maximum Gasteiger partial charge on any atom is 0.339 e. The van der Waals surface area contributed by atoms with Crippen LogP contribution in [0.15, 0.2) is 23.1 Å². The van der Waals surface area contributed by atoms with Crippen LogP contribution in [0.2, 0.25) is 0 Å². The maximum absolute atomic E-state index is 10.9. The molecule has 0 aliphatic carbocycles. The Hall–Kier alpha value is -1.27. The first-order valence-electron chi connectivity index (χ1n) is 3.72. The lowest BCUT2D eigenvalue weighted by Crippen LogP contribution is -2.02. The molecule has 0 aliphatic rings. The average Bonchev–Trinajstić information content (AvgIpc) is 2.15. The number of hydrogen-bond acceptors (Lipinski definition) is 4. The Morgan fingerprint density at radius 2 is 2.07 bits per heavy atom. The standard InChI is InChI=1S/C8H7ClO5S/c1-14-7-3-2-5(15(9,12)13)4-6(7)8(10)11/h2-4H,1H3,(H,10,11). The Bertz CT molecular complexity index is 494. The summed E-state index contributed by atoms with van der Waals surface area (Å²) < 4.78 is 26.6. The molecule has 1 aromatic carbocycles. The maximum atomic E-state index is 10.9. The molecule has 0 fully saturated rings. The van der Waals surface area contributed by atoms with Crippen LogP contribution in [0.1, 0.15) is 10.4 Å². The molecule has 0 saturated carbocycles. The minimum Gasteiger partial charge on any atom is -0.496 e. The zero-order valence-corrected chi connectivity index (χ0v) is 9.17. The summed E-state index contributed by atoms with van der Waals surface area (Å²) in [6, 6.07) is 3.36. The van der Waals surface area contributed by atoms with E-state index in [2.05, 4.69) is 0 Å². The van der Waals surface area contributed by atoms with Crippen molar-refractivity contribution in [2.24, 2.45) is 0 Å². The van der Waals surface area contributed by atoms with E-state index >= 15 is 0 Å². The van der Waals surface area contributed by atoms with Gasteiger partial charge in [0.25, 0.3) is 9.05 Å². The van der Waals surface area contributed by atoms with Gasteiger partial charge in [-0.1, -0.05) is 0 Å². The molecule has 1 aromatic rings. The number of carboxylic acids is 1. The number of aromatic carboxylic acids is 1. The molecule has 1 rings (SSSR count). The van der Waals surface area contributed by atoms with Gasteiger partial charge < -0.3 is 9.84 Å². The number of benzene rings is 1. The van der Waals surface area contributed by atoms with E-state index < -0.39 is 15.0 Å². The van der Waals surface area contributed by atoms with E-state index in [-0.39, 0.29) is 16.2 Å². The minimum absolute atomic E-state index is 0.0755. The highest BCUT2D eigenvalue weighted by Crippen LogP contribution is 2.24. The summed E-state index contributed by atoms with van der Waals surface area (Å²) in [4.78, 5) is 10.5. The van der Waals surface area contributed by atoms with E-state index in [9.17, 15) is 13.2 Å². The summed E-state index contributed by atoms with van der Waals surface area (Å²) in [7, 11) is 2.43. The van der Waals surface area contributed by atoms with Crippen LogP contribution in [-0.4, -0.2) is 26.6 Å². The lowest BCUT2D eigenvalue weighted by molar-refractivity contribution is 0.0693. The molecular formula is C8H7ClO5S. The molecule has 82 valence electrons. The van der Waals surface area contributed by atoms with Crippen LogP contribution in [0.4, 0.5) is 0 Å². The molecule has 7 heteroatoms. The second kappa shape index (κ2) is 4.08. The largest absolute Gasteiger partial charge is 0.496 e. The number of carboxylic acid groups (broad SMARTS) is 1. The van der Waals surface area contributed by atoms with Crippen molar-refractivity contribution in [3.8, 4) is 5.75 Å². The molecule has 0 aliphatic heterocycles. The van der Waals surface area contributed by atoms with Crippen molar-refractivity contribution in [3.63, 3.8) is 0 Å². The quantitative estimate of drug-likeness (QED) is 0.819. The SMILES string of the molecule is COc1ccc(S(=O)(=O)Cl)cc1C(=O)O. The van der Waals surface area contributed by atoms with Crippen molar-refractivity contribution in [1.29, 1.82) is 0 Å². The van der Waals surface area contributed by atoms with E-state index in [4.69, 9.17) is 20.5 Å².